The van der Waals surface area contributed by atoms with E-state index in [1.807, 2.05) is 0 Å². The molecular formula is C15H12Cl2N4O4S. The Hall–Kier alpha value is -2.33. The van der Waals surface area contributed by atoms with Gasteiger partial charge in [0.05, 0.1) is 0 Å². The number of nitrogens with zero attached hydrogens (tertiary/aromatic N) is 2. The molecule has 0 spiro atoms. The molecule has 0 aliphatic heterocycles. The molecule has 0 saturated carbocycles. The molecule has 0 atom stereocenters. The highest BCUT2D eigenvalue weighted by molar-refractivity contribution is 7.89. The van der Waals surface area contributed by atoms with E-state index >= 15 is 0 Å². The molecule has 3 rings (SSSR count). The quantitative estimate of drug-likeness (QED) is 0.576. The molecule has 1 aromatic carbocycles. The first kappa shape index (κ1) is 18.5. The van der Waals surface area contributed by atoms with E-state index in [1.54, 1.807) is 0 Å². The van der Waals surface area contributed by atoms with Crippen LogP contribution in [0.25, 0.3) is 22.5 Å². The van der Waals surface area contributed by atoms with Crippen LogP contribution in [0, 0.1) is 0 Å². The van der Waals surface area contributed by atoms with E-state index in [0.717, 1.165) is 4.40 Å². The summed E-state index contributed by atoms with van der Waals surface area (Å²) in [5.74, 6) is -0.721. The number of nitrogen functional groups attached to an aromatic ring is 1. The van der Waals surface area contributed by atoms with Crippen molar-refractivity contribution in [2.24, 2.45) is 5.14 Å². The van der Waals surface area contributed by atoms with Gasteiger partial charge in [-0.05, 0) is 24.6 Å². The Bertz CT molecular complexity index is 1260. The van der Waals surface area contributed by atoms with Gasteiger partial charge in [0.25, 0.3) is 5.56 Å². The van der Waals surface area contributed by atoms with Crippen LogP contribution in [-0.2, 0) is 10.0 Å². The lowest BCUT2D eigenvalue weighted by Gasteiger charge is -2.03. The molecule has 5 N–H and O–H groups in total. The van der Waals surface area contributed by atoms with Crippen molar-refractivity contribution >= 4 is 50.4 Å². The van der Waals surface area contributed by atoms with Gasteiger partial charge in [0.1, 0.15) is 26.8 Å². The molecule has 11 heteroatoms. The van der Waals surface area contributed by atoms with E-state index in [1.165, 1.54) is 31.2 Å². The molecule has 136 valence electrons. The number of sulfonamides is 1. The van der Waals surface area contributed by atoms with Crippen LogP contribution in [0.5, 0.6) is 0 Å². The van der Waals surface area contributed by atoms with Gasteiger partial charge < -0.3 is 10.8 Å². The fourth-order valence-corrected chi connectivity index (χ4v) is 4.10. The number of rotatable bonds is 2. The van der Waals surface area contributed by atoms with E-state index in [0.29, 0.717) is 10.6 Å². The Labute approximate surface area is 157 Å². The molecule has 0 saturated heterocycles. The van der Waals surface area contributed by atoms with Gasteiger partial charge in [-0.3, -0.25) is 4.79 Å². The zero-order chi connectivity index (χ0) is 19.4. The number of halogens is 2. The second kappa shape index (κ2) is 6.13. The standard InChI is InChI=1S/C15H12Cl2N4O4S/c1-6(22)9-13(18)20-14-11(26(19,24)25)10(12(17)21(14)15(9)23)7-2-4-8(16)5-3-7/h2-5,22H,1H3,(H2,18,20)(H2,19,24,25). The van der Waals surface area contributed by atoms with Crippen molar-refractivity contribution in [1.82, 2.24) is 9.38 Å². The highest BCUT2D eigenvalue weighted by Crippen LogP contribution is 2.37. The summed E-state index contributed by atoms with van der Waals surface area (Å²) >= 11 is 12.2. The van der Waals surface area contributed by atoms with Crippen molar-refractivity contribution in [3.8, 4) is 11.1 Å². The summed E-state index contributed by atoms with van der Waals surface area (Å²) in [4.78, 5) is 16.2. The molecule has 0 aliphatic rings. The maximum absolute atomic E-state index is 12.7. The number of aliphatic hydroxyl groups excluding tert-OH is 1. The average Bonchev–Trinajstić information content (AvgIpc) is 2.80. The number of hydrogen-bond acceptors (Lipinski definition) is 6. The fourth-order valence-electron chi connectivity index (χ4n) is 2.67. The smallest absolute Gasteiger partial charge is 0.271 e. The topological polar surface area (TPSA) is 141 Å². The number of benzene rings is 1. The third-order valence-corrected chi connectivity index (χ3v) is 5.29. The van der Waals surface area contributed by atoms with Crippen molar-refractivity contribution in [1.29, 1.82) is 0 Å². The molecule has 26 heavy (non-hydrogen) atoms. The lowest BCUT2D eigenvalue weighted by Crippen LogP contribution is -2.36. The summed E-state index contributed by atoms with van der Waals surface area (Å²) in [6.07, 6.45) is 0. The van der Waals surface area contributed by atoms with Crippen LogP contribution in [0.4, 0.5) is 5.82 Å². The van der Waals surface area contributed by atoms with Crippen LogP contribution in [0.1, 0.15) is 6.92 Å². The van der Waals surface area contributed by atoms with E-state index in [-0.39, 0.29) is 33.2 Å². The summed E-state index contributed by atoms with van der Waals surface area (Å²) in [5, 5.41) is 15.0. The largest absolute Gasteiger partial charge is 0.512 e. The highest BCUT2D eigenvalue weighted by Gasteiger charge is 2.29. The Kier molecular flexibility index (Phi) is 4.35. The summed E-state index contributed by atoms with van der Waals surface area (Å²) in [5.41, 5.74) is 4.92. The Morgan fingerprint density at radius 1 is 1.23 bits per heavy atom. The summed E-state index contributed by atoms with van der Waals surface area (Å²) in [7, 11) is -4.33. The van der Waals surface area contributed by atoms with Crippen LogP contribution >= 0.6 is 23.2 Å². The number of primary sulfonamides is 1. The molecule has 2 heterocycles. The maximum Gasteiger partial charge on any atom is 0.271 e. The molecule has 0 unspecified atom stereocenters. The molecule has 3 aromatic rings. The Balaban J connectivity index is 2.64. The Morgan fingerprint density at radius 3 is 2.31 bits per heavy atom. The molecule has 8 nitrogen and oxygen atoms in total. The molecule has 0 radical (unpaired) electrons. The minimum atomic E-state index is -4.33. The summed E-state index contributed by atoms with van der Waals surface area (Å²) in [6, 6.07) is 6.10. The number of anilines is 1. The number of aromatic nitrogens is 2. The van der Waals surface area contributed by atoms with Crippen LogP contribution in [0.3, 0.4) is 0 Å². The van der Waals surface area contributed by atoms with Crippen molar-refractivity contribution in [2.45, 2.75) is 11.8 Å². The second-order valence-electron chi connectivity index (χ2n) is 5.47. The number of hydrogen-bond donors (Lipinski definition) is 3. The second-order valence-corrected chi connectivity index (χ2v) is 7.76. The average molecular weight is 415 g/mol. The monoisotopic (exact) mass is 414 g/mol. The van der Waals surface area contributed by atoms with Crippen molar-refractivity contribution < 1.29 is 13.5 Å². The normalized spacial score (nSPS) is 13.2. The zero-order valence-corrected chi connectivity index (χ0v) is 15.5. The van der Waals surface area contributed by atoms with Crippen LogP contribution in [0.2, 0.25) is 10.2 Å². The van der Waals surface area contributed by atoms with Gasteiger partial charge in [-0.15, -0.1) is 0 Å². The third kappa shape index (κ3) is 2.78. The molecule has 0 amide bonds. The molecule has 0 aliphatic carbocycles. The van der Waals surface area contributed by atoms with Gasteiger partial charge in [0.15, 0.2) is 5.65 Å². The van der Waals surface area contributed by atoms with Crippen molar-refractivity contribution in [3.63, 3.8) is 0 Å². The van der Waals surface area contributed by atoms with Crippen molar-refractivity contribution in [3.05, 3.63) is 50.0 Å². The number of fused-ring (bicyclic) bond motifs is 1. The predicted molar refractivity (Wildman–Crippen MR) is 99.6 cm³/mol. The van der Waals surface area contributed by atoms with Gasteiger partial charge in [-0.2, -0.15) is 0 Å². The van der Waals surface area contributed by atoms with E-state index < -0.39 is 20.5 Å². The molecule has 2 aromatic heterocycles. The Morgan fingerprint density at radius 2 is 1.81 bits per heavy atom. The summed E-state index contributed by atoms with van der Waals surface area (Å²) < 4.78 is 25.3. The van der Waals surface area contributed by atoms with Crippen LogP contribution < -0.4 is 21.7 Å². The number of aliphatic hydroxyl groups is 1. The van der Waals surface area contributed by atoms with Gasteiger partial charge in [-0.1, -0.05) is 35.3 Å². The summed E-state index contributed by atoms with van der Waals surface area (Å²) in [6.45, 7) is 1.25. The van der Waals surface area contributed by atoms with Gasteiger partial charge in [0, 0.05) is 10.6 Å². The van der Waals surface area contributed by atoms with Crippen LogP contribution in [0.15, 0.2) is 34.0 Å². The zero-order valence-electron chi connectivity index (χ0n) is 13.2. The first-order valence-corrected chi connectivity index (χ1v) is 9.36. The van der Waals surface area contributed by atoms with Gasteiger partial charge in [0.2, 0.25) is 10.0 Å². The van der Waals surface area contributed by atoms with E-state index in [2.05, 4.69) is 4.98 Å². The van der Waals surface area contributed by atoms with E-state index in [4.69, 9.17) is 34.1 Å². The lowest BCUT2D eigenvalue weighted by atomic mass is 10.1. The van der Waals surface area contributed by atoms with E-state index in [9.17, 15) is 18.3 Å². The minimum absolute atomic E-state index is 0.0115. The first-order valence-electron chi connectivity index (χ1n) is 7.06. The molecule has 0 bridgehead atoms. The lowest BCUT2D eigenvalue weighted by molar-refractivity contribution is 0.498. The van der Waals surface area contributed by atoms with Gasteiger partial charge in [-0.25, -0.2) is 22.9 Å². The van der Waals surface area contributed by atoms with Crippen LogP contribution in [-0.4, -0.2) is 22.9 Å². The molecular weight excluding hydrogens is 403 g/mol. The predicted octanol–water partition coefficient (Wildman–Crippen LogP) is 1.30. The minimum Gasteiger partial charge on any atom is -0.512 e. The van der Waals surface area contributed by atoms with Crippen molar-refractivity contribution in [2.75, 3.05) is 5.73 Å². The van der Waals surface area contributed by atoms with Gasteiger partial charge >= 0.3 is 0 Å². The SMILES string of the molecule is CC(O)=c1c(N)nc2c(S(N)(=O)=O)c(-c3ccc(Cl)cc3)c(Cl)n2c1=O. The maximum atomic E-state index is 12.7. The first-order chi connectivity index (χ1) is 12.0. The third-order valence-electron chi connectivity index (χ3n) is 3.72. The molecule has 0 fully saturated rings. The number of nitrogens with two attached hydrogens (primary N) is 2. The highest BCUT2D eigenvalue weighted by atomic mass is 35.5. The fraction of sp³-hybridized carbons (Fsp3) is 0.0667.